The molecule has 3 aliphatic heterocycles. The normalized spacial score (nSPS) is 49.0. The molecule has 3 saturated heterocycles. The molecular formula is C51H78O20. The van der Waals surface area contributed by atoms with Crippen LogP contribution in [0.1, 0.15) is 127 Å². The van der Waals surface area contributed by atoms with Crippen molar-refractivity contribution in [3.05, 3.63) is 11.6 Å². The van der Waals surface area contributed by atoms with Gasteiger partial charge in [0.2, 0.25) is 6.29 Å². The largest absolute Gasteiger partial charge is 0.479 e. The minimum absolute atomic E-state index is 0.0771. The van der Waals surface area contributed by atoms with Gasteiger partial charge in [0.25, 0.3) is 0 Å². The number of rotatable bonds is 10. The van der Waals surface area contributed by atoms with Gasteiger partial charge < -0.3 is 78.7 Å². The van der Waals surface area contributed by atoms with Crippen LogP contribution >= 0.6 is 0 Å². The van der Waals surface area contributed by atoms with E-state index in [9.17, 15) is 60.0 Å². The third-order valence-corrected chi connectivity index (χ3v) is 19.4. The summed E-state index contributed by atoms with van der Waals surface area (Å²) in [6.07, 6.45) is -14.1. The predicted molar refractivity (Wildman–Crippen MR) is 244 cm³/mol. The molecule has 0 radical (unpaired) electrons. The number of hydrogen-bond acceptors (Lipinski definition) is 19. The molecular weight excluding hydrogens is 933 g/mol. The molecule has 8 N–H and O–H groups in total. The van der Waals surface area contributed by atoms with Crippen molar-refractivity contribution in [3.63, 3.8) is 0 Å². The van der Waals surface area contributed by atoms with Crippen LogP contribution in [-0.4, -0.2) is 170 Å². The summed E-state index contributed by atoms with van der Waals surface area (Å²) in [5, 5.41) is 83.3. The van der Waals surface area contributed by atoms with Crippen LogP contribution in [0, 0.1) is 50.2 Å². The average Bonchev–Trinajstić information content (AvgIpc) is 3.28. The quantitative estimate of drug-likeness (QED) is 0.0672. The first-order valence-corrected chi connectivity index (χ1v) is 25.5. The van der Waals surface area contributed by atoms with E-state index in [2.05, 4.69) is 54.5 Å². The summed E-state index contributed by atoms with van der Waals surface area (Å²) in [5.41, 5.74) is -1.09. The first-order valence-electron chi connectivity index (χ1n) is 25.5. The minimum atomic E-state index is -1.91. The highest BCUT2D eigenvalue weighted by atomic mass is 16.8. The number of carboxylic acids is 1. The number of carbonyl (C=O) groups is 4. The van der Waals surface area contributed by atoms with Gasteiger partial charge in [-0.15, -0.1) is 0 Å². The second-order valence-electron chi connectivity index (χ2n) is 24.2. The van der Waals surface area contributed by atoms with Crippen molar-refractivity contribution in [2.45, 2.75) is 219 Å². The molecule has 0 unspecified atom stereocenters. The third-order valence-electron chi connectivity index (χ3n) is 19.4. The molecule has 0 spiro atoms. The van der Waals surface area contributed by atoms with E-state index in [1.54, 1.807) is 0 Å². The van der Waals surface area contributed by atoms with E-state index in [1.807, 2.05) is 0 Å². The number of carboxylic acid groups (broad SMARTS) is 1. The van der Waals surface area contributed by atoms with E-state index >= 15 is 0 Å². The Morgan fingerprint density at radius 1 is 0.676 bits per heavy atom. The topological polar surface area (TPSA) is 304 Å². The van der Waals surface area contributed by atoms with Gasteiger partial charge in [0, 0.05) is 13.8 Å². The molecule has 71 heavy (non-hydrogen) atoms. The average molecular weight is 1010 g/mol. The number of hydrogen-bond donors (Lipinski definition) is 8. The Balaban J connectivity index is 1.06. The molecule has 0 aromatic carbocycles. The summed E-state index contributed by atoms with van der Waals surface area (Å²) in [6.45, 7) is 16.9. The Bertz CT molecular complexity index is 2060. The fraction of sp³-hybridized carbons (Fsp3) is 0.882. The van der Waals surface area contributed by atoms with Gasteiger partial charge in [-0.1, -0.05) is 60.1 Å². The Morgan fingerprint density at radius 3 is 1.97 bits per heavy atom. The fourth-order valence-electron chi connectivity index (χ4n) is 15.3. The van der Waals surface area contributed by atoms with Crippen molar-refractivity contribution in [2.75, 3.05) is 13.2 Å². The van der Waals surface area contributed by atoms with Crippen molar-refractivity contribution in [1.82, 2.24) is 0 Å². The van der Waals surface area contributed by atoms with Crippen molar-refractivity contribution < 1.29 is 97.9 Å². The van der Waals surface area contributed by atoms with Gasteiger partial charge in [-0.3, -0.25) is 14.4 Å². The summed E-state index contributed by atoms with van der Waals surface area (Å²) < 4.78 is 47.3. The molecule has 22 atom stereocenters. The van der Waals surface area contributed by atoms with Crippen LogP contribution in [0.15, 0.2) is 11.6 Å². The Labute approximate surface area is 414 Å². The predicted octanol–water partition coefficient (Wildman–Crippen LogP) is 2.01. The highest BCUT2D eigenvalue weighted by Crippen LogP contribution is 2.76. The van der Waals surface area contributed by atoms with Crippen LogP contribution in [0.25, 0.3) is 0 Å². The highest BCUT2D eigenvalue weighted by Gasteiger charge is 2.70. The van der Waals surface area contributed by atoms with Gasteiger partial charge in [-0.05, 0) is 109 Å². The number of fused-ring (bicyclic) bond motifs is 7. The van der Waals surface area contributed by atoms with Crippen molar-refractivity contribution in [1.29, 1.82) is 0 Å². The fourth-order valence-corrected chi connectivity index (χ4v) is 15.3. The van der Waals surface area contributed by atoms with Crippen LogP contribution in [0.2, 0.25) is 0 Å². The second kappa shape index (κ2) is 19.4. The lowest BCUT2D eigenvalue weighted by molar-refractivity contribution is -0.355. The molecule has 0 amide bonds. The molecule has 402 valence electrons. The van der Waals surface area contributed by atoms with Crippen molar-refractivity contribution in [3.8, 4) is 0 Å². The molecule has 0 bridgehead atoms. The van der Waals surface area contributed by atoms with E-state index in [4.69, 9.17) is 37.9 Å². The van der Waals surface area contributed by atoms with Gasteiger partial charge in [-0.2, -0.15) is 0 Å². The minimum Gasteiger partial charge on any atom is -0.479 e. The number of aliphatic hydroxyl groups excluding tert-OH is 7. The highest BCUT2D eigenvalue weighted by molar-refractivity contribution is 5.79. The molecule has 0 aromatic rings. The first kappa shape index (κ1) is 54.4. The van der Waals surface area contributed by atoms with E-state index in [0.29, 0.717) is 32.1 Å². The van der Waals surface area contributed by atoms with E-state index in [1.165, 1.54) is 5.57 Å². The number of ether oxygens (including phenoxy) is 8. The maximum absolute atomic E-state index is 14.7. The van der Waals surface area contributed by atoms with Crippen LogP contribution < -0.4 is 0 Å². The van der Waals surface area contributed by atoms with Gasteiger partial charge in [-0.25, -0.2) is 4.79 Å². The lowest BCUT2D eigenvalue weighted by Gasteiger charge is -2.71. The SMILES string of the molecule is CC(=O)O[C@@H]1[C@@H](OC(C)=O)[C@H](O[C@H]2CC[C@@]3(C)[C@H](CC[C@]4(C)[C@@H]3CC=C3[C@@H]5CC(C)(C)CC[C@]5(C(=O)O[C@@H]5O[C@H](CO)[C@@H](O)[C@H](O)[C@H]5O)CC[C@]34C)C2(C)C)O[C@H](C(=O)O)[C@H]1O[C@@H]1OC[C@@H](O)[C@H](O)[C@H]1O. The third kappa shape index (κ3) is 9.08. The zero-order valence-electron chi connectivity index (χ0n) is 42.4. The molecule has 5 aliphatic carbocycles. The molecule has 8 aliphatic rings. The molecule has 3 heterocycles. The van der Waals surface area contributed by atoms with Crippen LogP contribution in [0.3, 0.4) is 0 Å². The zero-order chi connectivity index (χ0) is 52.1. The van der Waals surface area contributed by atoms with Gasteiger partial charge in [0.05, 0.1) is 24.7 Å². The monoisotopic (exact) mass is 1010 g/mol. The van der Waals surface area contributed by atoms with E-state index < -0.39 is 140 Å². The summed E-state index contributed by atoms with van der Waals surface area (Å²) in [5.74, 6) is -3.64. The van der Waals surface area contributed by atoms with Gasteiger partial charge in [0.1, 0.15) is 48.8 Å². The molecule has 7 fully saturated rings. The molecule has 20 nitrogen and oxygen atoms in total. The molecule has 4 saturated carbocycles. The number of esters is 3. The molecule has 0 aromatic heterocycles. The van der Waals surface area contributed by atoms with Crippen molar-refractivity contribution >= 4 is 23.9 Å². The maximum Gasteiger partial charge on any atom is 0.335 e. The van der Waals surface area contributed by atoms with Gasteiger partial charge in [0.15, 0.2) is 30.9 Å². The Hall–Kier alpha value is -2.86. The maximum atomic E-state index is 14.7. The van der Waals surface area contributed by atoms with Crippen molar-refractivity contribution in [2.24, 2.45) is 50.2 Å². The van der Waals surface area contributed by atoms with Crippen LogP contribution in [0.5, 0.6) is 0 Å². The summed E-state index contributed by atoms with van der Waals surface area (Å²) in [4.78, 5) is 53.1. The van der Waals surface area contributed by atoms with Gasteiger partial charge >= 0.3 is 23.9 Å². The first-order chi connectivity index (χ1) is 33.1. The number of aliphatic hydroxyl groups is 7. The number of aliphatic carboxylic acids is 1. The molecule has 8 rings (SSSR count). The Kier molecular flexibility index (Phi) is 14.8. The lowest BCUT2D eigenvalue weighted by Crippen LogP contribution is -2.67. The molecule has 20 heteroatoms. The summed E-state index contributed by atoms with van der Waals surface area (Å²) in [6, 6.07) is 0. The summed E-state index contributed by atoms with van der Waals surface area (Å²) >= 11 is 0. The summed E-state index contributed by atoms with van der Waals surface area (Å²) in [7, 11) is 0. The number of carbonyl (C=O) groups excluding carboxylic acids is 3. The standard InChI is InChI=1S/C51H78O20/c1-23(53)65-38-37(69-42-35(59)32(56)27(55)22-64-42)39(41(61)62)70-44(40(38)66-24(2)54)68-31-13-14-48(7)29(47(31,5)6)12-15-50(9)30(48)11-10-25-26-20-46(3,4)16-18-51(26,19-17-49(25,50)8)45(63)71-43-36(60)34(58)33(57)28(21-52)67-43/h10,26-40,42-44,52,55-60H,11-22H2,1-9H3,(H,61,62)/t26-,27+,28+,29+,30+,31-,32-,33+,34-,35+,36+,37-,38-,39-,40+,42-,43-,44+,48-,49+,50+,51-/m0/s1. The number of allylic oxidation sites excluding steroid dienone is 2. The second-order valence-corrected chi connectivity index (χ2v) is 24.2. The van der Waals surface area contributed by atoms with Crippen LogP contribution in [-0.2, 0) is 57.1 Å². The van der Waals surface area contributed by atoms with E-state index in [0.717, 1.165) is 46.0 Å². The smallest absolute Gasteiger partial charge is 0.335 e. The van der Waals surface area contributed by atoms with Crippen LogP contribution in [0.4, 0.5) is 0 Å². The zero-order valence-corrected chi connectivity index (χ0v) is 42.4. The lowest BCUT2D eigenvalue weighted by atomic mass is 9.33. The van der Waals surface area contributed by atoms with E-state index in [-0.39, 0.29) is 39.4 Å². The Morgan fingerprint density at radius 2 is 1.32 bits per heavy atom.